The summed E-state index contributed by atoms with van der Waals surface area (Å²) in [7, 11) is 1.61. The average Bonchev–Trinajstić information content (AvgIpc) is 3.40. The van der Waals surface area contributed by atoms with Crippen molar-refractivity contribution in [2.24, 2.45) is 0 Å². The largest absolute Gasteiger partial charge is 0.361 e. The van der Waals surface area contributed by atoms with Gasteiger partial charge in [0, 0.05) is 37.1 Å². The number of aromatic amines is 1. The number of carbonyl (C=O) groups is 4. The Kier molecular flexibility index (Phi) is 9.25. The third-order valence-corrected chi connectivity index (χ3v) is 8.43. The average molecular weight is 641 g/mol. The predicted molar refractivity (Wildman–Crippen MR) is 166 cm³/mol. The molecular weight excluding hydrogens is 613 g/mol. The van der Waals surface area contributed by atoms with Crippen LogP contribution in [0.25, 0.3) is 10.9 Å². The van der Waals surface area contributed by atoms with E-state index in [0.717, 1.165) is 16.5 Å². The van der Waals surface area contributed by atoms with Crippen LogP contribution in [0.3, 0.4) is 0 Å². The number of nitrogens with one attached hydrogen (secondary N) is 3. The number of aromatic nitrogens is 1. The zero-order valence-electron chi connectivity index (χ0n) is 23.1. The molecule has 0 bridgehead atoms. The molecular formula is C31H28Cl3N5O4. The molecule has 5 rings (SSSR count). The SMILES string of the molecule is CN(Cc1cc(Cl)c(Cl)c(Cl)c1)C(=O)C(Cc1c[nH]c2ccccc12)NC(=O)CN1CC(=O)NC(c2ccccc2)C1=O. The Morgan fingerprint density at radius 3 is 2.42 bits per heavy atom. The summed E-state index contributed by atoms with van der Waals surface area (Å²) in [6, 6.07) is 17.8. The van der Waals surface area contributed by atoms with E-state index in [0.29, 0.717) is 11.1 Å². The van der Waals surface area contributed by atoms with Gasteiger partial charge in [0.2, 0.25) is 17.7 Å². The van der Waals surface area contributed by atoms with Crippen molar-refractivity contribution < 1.29 is 19.2 Å². The molecule has 1 aliphatic rings. The van der Waals surface area contributed by atoms with E-state index in [1.165, 1.54) is 9.80 Å². The summed E-state index contributed by atoms with van der Waals surface area (Å²) in [6.07, 6.45) is 1.99. The van der Waals surface area contributed by atoms with E-state index >= 15 is 0 Å². The molecule has 2 unspecified atom stereocenters. The highest BCUT2D eigenvalue weighted by molar-refractivity contribution is 6.48. The Labute approximate surface area is 263 Å². The van der Waals surface area contributed by atoms with Crippen molar-refractivity contribution in [3.63, 3.8) is 0 Å². The number of halogens is 3. The number of hydrogen-bond acceptors (Lipinski definition) is 4. The van der Waals surface area contributed by atoms with Gasteiger partial charge >= 0.3 is 0 Å². The summed E-state index contributed by atoms with van der Waals surface area (Å²) in [6.45, 7) is -0.507. The van der Waals surface area contributed by atoms with Crippen LogP contribution in [0, 0.1) is 0 Å². The molecule has 0 radical (unpaired) electrons. The fourth-order valence-electron chi connectivity index (χ4n) is 5.16. The fourth-order valence-corrected chi connectivity index (χ4v) is 5.80. The zero-order chi connectivity index (χ0) is 30.7. The van der Waals surface area contributed by atoms with Crippen LogP contribution in [-0.4, -0.2) is 64.6 Å². The number of rotatable bonds is 9. The molecule has 2 heterocycles. The molecule has 2 atom stereocenters. The monoisotopic (exact) mass is 639 g/mol. The van der Waals surface area contributed by atoms with Crippen LogP contribution in [0.4, 0.5) is 0 Å². The van der Waals surface area contributed by atoms with Crippen LogP contribution in [0.5, 0.6) is 0 Å². The van der Waals surface area contributed by atoms with Crippen LogP contribution in [-0.2, 0) is 32.1 Å². The van der Waals surface area contributed by atoms with Gasteiger partial charge in [0.25, 0.3) is 5.91 Å². The van der Waals surface area contributed by atoms with E-state index in [1.807, 2.05) is 30.3 Å². The number of amides is 4. The minimum Gasteiger partial charge on any atom is -0.361 e. The van der Waals surface area contributed by atoms with E-state index in [4.69, 9.17) is 34.8 Å². The lowest BCUT2D eigenvalue weighted by molar-refractivity contribution is -0.147. The number of para-hydroxylation sites is 1. The predicted octanol–water partition coefficient (Wildman–Crippen LogP) is 4.51. The quantitative estimate of drug-likeness (QED) is 0.234. The van der Waals surface area contributed by atoms with Gasteiger partial charge in [-0.2, -0.15) is 0 Å². The normalized spacial score (nSPS) is 15.7. The molecule has 43 heavy (non-hydrogen) atoms. The van der Waals surface area contributed by atoms with Crippen molar-refractivity contribution in [2.45, 2.75) is 25.0 Å². The number of hydrogen-bond donors (Lipinski definition) is 3. The van der Waals surface area contributed by atoms with Gasteiger partial charge in [0.15, 0.2) is 0 Å². The maximum absolute atomic E-state index is 13.8. The second kappa shape index (κ2) is 13.1. The Hall–Kier alpha value is -4.05. The topological polar surface area (TPSA) is 115 Å². The number of H-pyrrole nitrogens is 1. The Morgan fingerprint density at radius 1 is 1.02 bits per heavy atom. The molecule has 1 aliphatic heterocycles. The Balaban J connectivity index is 1.35. The van der Waals surface area contributed by atoms with Gasteiger partial charge in [-0.25, -0.2) is 0 Å². The minimum absolute atomic E-state index is 0.152. The van der Waals surface area contributed by atoms with Crippen molar-refractivity contribution in [3.05, 3.63) is 105 Å². The Morgan fingerprint density at radius 2 is 1.70 bits per heavy atom. The molecule has 3 aromatic carbocycles. The molecule has 1 fully saturated rings. The second-order valence-electron chi connectivity index (χ2n) is 10.4. The lowest BCUT2D eigenvalue weighted by Crippen LogP contribution is -2.57. The van der Waals surface area contributed by atoms with Crippen LogP contribution in [0.15, 0.2) is 72.9 Å². The smallest absolute Gasteiger partial charge is 0.250 e. The zero-order valence-corrected chi connectivity index (χ0v) is 25.3. The van der Waals surface area contributed by atoms with E-state index < -0.39 is 23.9 Å². The van der Waals surface area contributed by atoms with E-state index in [9.17, 15) is 19.2 Å². The molecule has 1 saturated heterocycles. The fraction of sp³-hybridized carbons (Fsp3) is 0.226. The number of benzene rings is 3. The van der Waals surface area contributed by atoms with Gasteiger partial charge in [-0.1, -0.05) is 83.3 Å². The first-order valence-electron chi connectivity index (χ1n) is 13.5. The summed E-state index contributed by atoms with van der Waals surface area (Å²) in [5, 5.41) is 7.17. The van der Waals surface area contributed by atoms with Gasteiger partial charge in [0.1, 0.15) is 25.2 Å². The first-order valence-corrected chi connectivity index (χ1v) is 14.6. The van der Waals surface area contributed by atoms with Crippen molar-refractivity contribution in [1.82, 2.24) is 25.4 Å². The van der Waals surface area contributed by atoms with Crippen LogP contribution >= 0.6 is 34.8 Å². The van der Waals surface area contributed by atoms with Crippen molar-refractivity contribution in [1.29, 1.82) is 0 Å². The molecule has 1 aromatic heterocycles. The standard InChI is InChI=1S/C31H28Cl3N5O4/c1-38(15-18-11-22(32)28(34)23(33)12-18)30(42)25(13-20-14-35-24-10-6-5-9-21(20)24)36-26(40)16-39-17-27(41)37-29(31(39)43)19-7-3-2-4-8-19/h2-12,14,25,29,35H,13,15-17H2,1H3,(H,36,40)(H,37,41). The van der Waals surface area contributed by atoms with Crippen LogP contribution in [0.2, 0.25) is 15.1 Å². The summed E-state index contributed by atoms with van der Waals surface area (Å²) in [4.78, 5) is 58.7. The first-order chi connectivity index (χ1) is 20.6. The number of fused-ring (bicyclic) bond motifs is 1. The van der Waals surface area contributed by atoms with Gasteiger partial charge in [-0.05, 0) is 34.9 Å². The third-order valence-electron chi connectivity index (χ3n) is 7.24. The number of nitrogens with zero attached hydrogens (tertiary/aromatic N) is 2. The van der Waals surface area contributed by atoms with Crippen LogP contribution < -0.4 is 10.6 Å². The summed E-state index contributed by atoms with van der Waals surface area (Å²) in [5.41, 5.74) is 3.00. The summed E-state index contributed by atoms with van der Waals surface area (Å²) >= 11 is 18.5. The highest BCUT2D eigenvalue weighted by atomic mass is 35.5. The molecule has 0 aliphatic carbocycles. The summed E-state index contributed by atoms with van der Waals surface area (Å²) < 4.78 is 0. The number of likely N-dealkylation sites (N-methyl/N-ethyl adjacent to an activating group) is 1. The molecule has 222 valence electrons. The molecule has 4 amide bonds. The highest BCUT2D eigenvalue weighted by Gasteiger charge is 2.35. The van der Waals surface area contributed by atoms with Gasteiger partial charge in [-0.15, -0.1) is 0 Å². The van der Waals surface area contributed by atoms with E-state index in [-0.39, 0.29) is 52.9 Å². The maximum atomic E-state index is 13.8. The first kappa shape index (κ1) is 30.4. The van der Waals surface area contributed by atoms with Crippen LogP contribution in [0.1, 0.15) is 22.7 Å². The molecule has 0 spiro atoms. The van der Waals surface area contributed by atoms with E-state index in [2.05, 4.69) is 15.6 Å². The molecule has 0 saturated carbocycles. The molecule has 3 N–H and O–H groups in total. The van der Waals surface area contributed by atoms with Crippen molar-refractivity contribution in [3.8, 4) is 0 Å². The lowest BCUT2D eigenvalue weighted by Gasteiger charge is -2.33. The van der Waals surface area contributed by atoms with Crippen molar-refractivity contribution in [2.75, 3.05) is 20.1 Å². The third kappa shape index (κ3) is 6.96. The molecule has 12 heteroatoms. The highest BCUT2D eigenvalue weighted by Crippen LogP contribution is 2.31. The molecule has 4 aromatic rings. The second-order valence-corrected chi connectivity index (χ2v) is 11.5. The van der Waals surface area contributed by atoms with E-state index in [1.54, 1.807) is 49.6 Å². The number of carbonyl (C=O) groups excluding carboxylic acids is 4. The maximum Gasteiger partial charge on any atom is 0.250 e. The van der Waals surface area contributed by atoms with Gasteiger partial charge in [0.05, 0.1) is 15.1 Å². The van der Waals surface area contributed by atoms with Gasteiger partial charge < -0.3 is 25.4 Å². The Bertz CT molecular complexity index is 1670. The molecule has 9 nitrogen and oxygen atoms in total. The lowest BCUT2D eigenvalue weighted by atomic mass is 10.0. The van der Waals surface area contributed by atoms with Crippen molar-refractivity contribution >= 4 is 69.3 Å². The minimum atomic E-state index is -0.978. The van der Waals surface area contributed by atoms with Gasteiger partial charge in [-0.3, -0.25) is 19.2 Å². The number of piperazine rings is 1. The summed E-state index contributed by atoms with van der Waals surface area (Å²) in [5.74, 6) is -1.73.